The van der Waals surface area contributed by atoms with Gasteiger partial charge in [-0.3, -0.25) is 0 Å². The maximum atomic E-state index is 13.5. The van der Waals surface area contributed by atoms with Crippen molar-refractivity contribution >= 4 is 21.9 Å². The highest BCUT2D eigenvalue weighted by atomic mass is 79.9. The van der Waals surface area contributed by atoms with Crippen LogP contribution in [0.5, 0.6) is 0 Å². The molecule has 0 bridgehead atoms. The van der Waals surface area contributed by atoms with E-state index in [0.717, 1.165) is 5.56 Å². The second kappa shape index (κ2) is 8.30. The zero-order valence-electron chi connectivity index (χ0n) is 13.6. The average molecular weight is 398 g/mol. The van der Waals surface area contributed by atoms with Crippen LogP contribution < -0.4 is 10.6 Å². The molecule has 24 heavy (non-hydrogen) atoms. The summed E-state index contributed by atoms with van der Waals surface area (Å²) in [6.07, 6.45) is 1.52. The zero-order valence-corrected chi connectivity index (χ0v) is 15.2. The molecule has 1 unspecified atom stereocenters. The predicted molar refractivity (Wildman–Crippen MR) is 95.2 cm³/mol. The Morgan fingerprint density at radius 1 is 1.38 bits per heavy atom. The molecule has 0 spiro atoms. The van der Waals surface area contributed by atoms with Crippen molar-refractivity contribution in [2.45, 2.75) is 26.0 Å². The fourth-order valence-electron chi connectivity index (χ4n) is 2.08. The number of hydrogen-bond acceptors (Lipinski definition) is 3. The van der Waals surface area contributed by atoms with Crippen molar-refractivity contribution < 1.29 is 13.9 Å². The van der Waals surface area contributed by atoms with Crippen molar-refractivity contribution in [3.8, 4) is 0 Å². The maximum Gasteiger partial charge on any atom is 0.191 e. The predicted octanol–water partition coefficient (Wildman–Crippen LogP) is 3.14. The summed E-state index contributed by atoms with van der Waals surface area (Å²) in [5.74, 6) is 0.690. The average Bonchev–Trinajstić information content (AvgIpc) is 3.09. The number of guanidine groups is 1. The molecule has 0 aliphatic rings. The van der Waals surface area contributed by atoms with Crippen molar-refractivity contribution in [3.05, 3.63) is 58.2 Å². The van der Waals surface area contributed by atoms with Crippen LogP contribution in [0.25, 0.3) is 0 Å². The van der Waals surface area contributed by atoms with E-state index in [9.17, 15) is 9.50 Å². The van der Waals surface area contributed by atoms with E-state index in [1.165, 1.54) is 12.3 Å². The van der Waals surface area contributed by atoms with Gasteiger partial charge in [-0.2, -0.15) is 0 Å². The number of benzene rings is 1. The van der Waals surface area contributed by atoms with E-state index in [1.807, 2.05) is 6.92 Å². The molecule has 1 atom stereocenters. The summed E-state index contributed by atoms with van der Waals surface area (Å²) >= 11 is 3.13. The molecule has 0 aliphatic carbocycles. The third kappa shape index (κ3) is 5.07. The lowest BCUT2D eigenvalue weighted by atomic mass is 10.0. The number of furan rings is 1. The first kappa shape index (κ1) is 18.5. The minimum atomic E-state index is -1.16. The highest BCUT2D eigenvalue weighted by molar-refractivity contribution is 9.10. The lowest BCUT2D eigenvalue weighted by Gasteiger charge is -2.22. The maximum absolute atomic E-state index is 13.5. The van der Waals surface area contributed by atoms with Gasteiger partial charge in [-0.15, -0.1) is 0 Å². The normalized spacial score (nSPS) is 14.3. The van der Waals surface area contributed by atoms with E-state index < -0.39 is 5.60 Å². The SMILES string of the molecule is CCNC(=NCc1ccc(Br)c(F)c1)NCC(C)(O)c1ccco1. The van der Waals surface area contributed by atoms with Crippen LogP contribution in [0.3, 0.4) is 0 Å². The van der Waals surface area contributed by atoms with Gasteiger partial charge in [0.1, 0.15) is 17.2 Å². The molecule has 1 aromatic carbocycles. The quantitative estimate of drug-likeness (QED) is 0.517. The van der Waals surface area contributed by atoms with Gasteiger partial charge in [-0.25, -0.2) is 9.38 Å². The van der Waals surface area contributed by atoms with Gasteiger partial charge in [0.05, 0.1) is 23.8 Å². The highest BCUT2D eigenvalue weighted by Crippen LogP contribution is 2.20. The number of nitrogens with zero attached hydrogens (tertiary/aromatic N) is 1. The van der Waals surface area contributed by atoms with Crippen molar-refractivity contribution in [2.75, 3.05) is 13.1 Å². The first-order valence-electron chi connectivity index (χ1n) is 7.65. The van der Waals surface area contributed by atoms with Crippen LogP contribution in [0.15, 0.2) is 50.5 Å². The van der Waals surface area contributed by atoms with Crippen molar-refractivity contribution in [3.63, 3.8) is 0 Å². The van der Waals surface area contributed by atoms with Gasteiger partial charge in [-0.1, -0.05) is 6.07 Å². The van der Waals surface area contributed by atoms with E-state index in [-0.39, 0.29) is 12.4 Å². The minimum Gasteiger partial charge on any atom is -0.466 e. The van der Waals surface area contributed by atoms with Crippen molar-refractivity contribution in [2.24, 2.45) is 4.99 Å². The van der Waals surface area contributed by atoms with E-state index in [0.29, 0.717) is 29.3 Å². The minimum absolute atomic E-state index is 0.223. The molecule has 2 rings (SSSR count). The second-order valence-electron chi connectivity index (χ2n) is 5.55. The van der Waals surface area contributed by atoms with Crippen LogP contribution in [0.1, 0.15) is 25.2 Å². The summed E-state index contributed by atoms with van der Waals surface area (Å²) in [5.41, 5.74) is -0.408. The molecule has 0 fully saturated rings. The monoisotopic (exact) mass is 397 g/mol. The Hall–Kier alpha value is -1.86. The number of hydrogen-bond donors (Lipinski definition) is 3. The van der Waals surface area contributed by atoms with E-state index >= 15 is 0 Å². The summed E-state index contributed by atoms with van der Waals surface area (Å²) < 4.78 is 19.2. The van der Waals surface area contributed by atoms with Crippen LogP contribution in [0.4, 0.5) is 4.39 Å². The Morgan fingerprint density at radius 2 is 2.17 bits per heavy atom. The highest BCUT2D eigenvalue weighted by Gasteiger charge is 2.26. The summed E-state index contributed by atoms with van der Waals surface area (Å²) in [5, 5.41) is 16.6. The third-order valence-corrected chi connectivity index (χ3v) is 4.04. The summed E-state index contributed by atoms with van der Waals surface area (Å²) in [6, 6.07) is 8.35. The smallest absolute Gasteiger partial charge is 0.191 e. The van der Waals surface area contributed by atoms with Gasteiger partial charge in [0.15, 0.2) is 5.96 Å². The topological polar surface area (TPSA) is 69.8 Å². The lowest BCUT2D eigenvalue weighted by molar-refractivity contribution is 0.0386. The largest absolute Gasteiger partial charge is 0.466 e. The summed E-state index contributed by atoms with van der Waals surface area (Å²) in [7, 11) is 0. The molecular formula is C17H21BrFN3O2. The number of halogens is 2. The molecule has 0 amide bonds. The molecule has 0 saturated heterocycles. The van der Waals surface area contributed by atoms with Crippen LogP contribution in [0.2, 0.25) is 0 Å². The Morgan fingerprint density at radius 3 is 2.79 bits per heavy atom. The Kier molecular flexibility index (Phi) is 6.39. The molecule has 5 nitrogen and oxygen atoms in total. The van der Waals surface area contributed by atoms with Gasteiger partial charge < -0.3 is 20.2 Å². The number of rotatable bonds is 6. The molecule has 2 aromatic rings. The third-order valence-electron chi connectivity index (χ3n) is 3.40. The van der Waals surface area contributed by atoms with E-state index in [4.69, 9.17) is 4.42 Å². The van der Waals surface area contributed by atoms with Gasteiger partial charge in [-0.05, 0) is 59.6 Å². The Balaban J connectivity index is 2.01. The van der Waals surface area contributed by atoms with Crippen LogP contribution >= 0.6 is 15.9 Å². The van der Waals surface area contributed by atoms with Crippen molar-refractivity contribution in [1.29, 1.82) is 0 Å². The zero-order chi connectivity index (χ0) is 17.6. The molecule has 3 N–H and O–H groups in total. The second-order valence-corrected chi connectivity index (χ2v) is 6.40. The van der Waals surface area contributed by atoms with E-state index in [2.05, 4.69) is 31.6 Å². The van der Waals surface area contributed by atoms with Crippen LogP contribution in [-0.4, -0.2) is 24.2 Å². The fourth-order valence-corrected chi connectivity index (χ4v) is 2.32. The molecule has 130 valence electrons. The van der Waals surface area contributed by atoms with Gasteiger partial charge in [0, 0.05) is 6.54 Å². The number of aliphatic hydroxyl groups is 1. The molecular weight excluding hydrogens is 377 g/mol. The molecule has 1 heterocycles. The van der Waals surface area contributed by atoms with Crippen LogP contribution in [-0.2, 0) is 12.1 Å². The van der Waals surface area contributed by atoms with E-state index in [1.54, 1.807) is 31.2 Å². The van der Waals surface area contributed by atoms with Gasteiger partial charge >= 0.3 is 0 Å². The molecule has 7 heteroatoms. The van der Waals surface area contributed by atoms with Crippen molar-refractivity contribution in [1.82, 2.24) is 10.6 Å². The molecule has 1 aromatic heterocycles. The first-order valence-corrected chi connectivity index (χ1v) is 8.44. The molecule has 0 aliphatic heterocycles. The fraction of sp³-hybridized carbons (Fsp3) is 0.353. The number of nitrogens with one attached hydrogen (secondary N) is 2. The van der Waals surface area contributed by atoms with Gasteiger partial charge in [0.25, 0.3) is 0 Å². The first-order chi connectivity index (χ1) is 11.4. The Labute approximate surface area is 149 Å². The summed E-state index contributed by atoms with van der Waals surface area (Å²) in [6.45, 7) is 4.82. The standard InChI is InChI=1S/C17H21BrFN3O2/c1-3-20-16(21-10-12-6-7-13(18)14(19)9-12)22-11-17(2,23)15-5-4-8-24-15/h4-9,23H,3,10-11H2,1-2H3,(H2,20,21,22). The molecule has 0 saturated carbocycles. The van der Waals surface area contributed by atoms with Crippen LogP contribution in [0, 0.1) is 5.82 Å². The number of aliphatic imine (C=N–C) groups is 1. The molecule has 0 radical (unpaired) electrons. The van der Waals surface area contributed by atoms with Gasteiger partial charge in [0.2, 0.25) is 0 Å². The summed E-state index contributed by atoms with van der Waals surface area (Å²) in [4.78, 5) is 4.41. The Bertz CT molecular complexity index is 687. The lowest BCUT2D eigenvalue weighted by Crippen LogP contribution is -2.44.